The molecule has 0 saturated carbocycles. The number of piperazine rings is 1. The van der Waals surface area contributed by atoms with Gasteiger partial charge < -0.3 is 9.80 Å². The highest BCUT2D eigenvalue weighted by Crippen LogP contribution is 2.32. The van der Waals surface area contributed by atoms with E-state index in [4.69, 9.17) is 0 Å². The number of H-pyrrole nitrogens is 1. The van der Waals surface area contributed by atoms with Crippen molar-refractivity contribution in [3.8, 4) is 0 Å². The van der Waals surface area contributed by atoms with E-state index in [0.29, 0.717) is 32.4 Å². The third-order valence-corrected chi connectivity index (χ3v) is 5.89. The Balaban J connectivity index is 1.64. The second-order valence-electron chi connectivity index (χ2n) is 7.45. The SMILES string of the molecule is C=CCN1CC[C@]2(CCC1=O)CN(C(=O)CCc1cn[nH]c1)CCN2C. The van der Waals surface area contributed by atoms with Crippen LogP contribution < -0.4 is 0 Å². The minimum absolute atomic E-state index is 0.102. The Morgan fingerprint density at radius 1 is 1.38 bits per heavy atom. The molecule has 1 N–H and O–H groups in total. The molecule has 1 atom stereocenters. The molecule has 0 radical (unpaired) electrons. The summed E-state index contributed by atoms with van der Waals surface area (Å²) in [7, 11) is 2.13. The van der Waals surface area contributed by atoms with E-state index < -0.39 is 0 Å². The van der Waals surface area contributed by atoms with Crippen molar-refractivity contribution < 1.29 is 9.59 Å². The highest BCUT2D eigenvalue weighted by Gasteiger charge is 2.43. The lowest BCUT2D eigenvalue weighted by Gasteiger charge is -2.49. The van der Waals surface area contributed by atoms with Gasteiger partial charge in [-0.2, -0.15) is 5.10 Å². The number of hydrogen-bond acceptors (Lipinski definition) is 4. The molecule has 7 nitrogen and oxygen atoms in total. The van der Waals surface area contributed by atoms with E-state index in [1.165, 1.54) is 0 Å². The van der Waals surface area contributed by atoms with Crippen LogP contribution in [0.15, 0.2) is 25.0 Å². The summed E-state index contributed by atoms with van der Waals surface area (Å²) >= 11 is 0. The van der Waals surface area contributed by atoms with Crippen molar-refractivity contribution in [1.82, 2.24) is 24.9 Å². The van der Waals surface area contributed by atoms with Crippen LogP contribution in [-0.4, -0.2) is 82.0 Å². The number of aromatic nitrogens is 2. The summed E-state index contributed by atoms with van der Waals surface area (Å²) in [6, 6.07) is 0. The van der Waals surface area contributed by atoms with Gasteiger partial charge in [-0.25, -0.2) is 0 Å². The van der Waals surface area contributed by atoms with Crippen LogP contribution in [0, 0.1) is 0 Å². The minimum atomic E-state index is -0.102. The molecular formula is C19H29N5O2. The molecule has 2 amide bonds. The normalized spacial score (nSPS) is 24.7. The zero-order chi connectivity index (χ0) is 18.6. The highest BCUT2D eigenvalue weighted by atomic mass is 16.2. The Morgan fingerprint density at radius 3 is 2.96 bits per heavy atom. The van der Waals surface area contributed by atoms with Gasteiger partial charge in [-0.15, -0.1) is 6.58 Å². The lowest BCUT2D eigenvalue weighted by atomic mass is 9.86. The second kappa shape index (κ2) is 8.03. The van der Waals surface area contributed by atoms with Crippen LogP contribution in [0.3, 0.4) is 0 Å². The van der Waals surface area contributed by atoms with Crippen molar-refractivity contribution in [2.24, 2.45) is 0 Å². The maximum Gasteiger partial charge on any atom is 0.223 e. The molecule has 1 spiro atoms. The fraction of sp³-hybridized carbons (Fsp3) is 0.632. The van der Waals surface area contributed by atoms with E-state index in [2.05, 4.69) is 28.7 Å². The van der Waals surface area contributed by atoms with Crippen molar-refractivity contribution in [2.45, 2.75) is 37.6 Å². The summed E-state index contributed by atoms with van der Waals surface area (Å²) in [4.78, 5) is 31.3. The zero-order valence-electron chi connectivity index (χ0n) is 15.6. The van der Waals surface area contributed by atoms with Gasteiger partial charge in [-0.05, 0) is 31.9 Å². The lowest BCUT2D eigenvalue weighted by molar-refractivity contribution is -0.136. The Morgan fingerprint density at radius 2 is 2.23 bits per heavy atom. The fourth-order valence-corrected chi connectivity index (χ4v) is 4.08. The molecule has 0 aromatic carbocycles. The number of likely N-dealkylation sites (tertiary alicyclic amines) is 1. The number of rotatable bonds is 5. The van der Waals surface area contributed by atoms with Gasteiger partial charge in [-0.3, -0.25) is 19.6 Å². The summed E-state index contributed by atoms with van der Waals surface area (Å²) in [6.07, 6.45) is 8.84. The number of likely N-dealkylation sites (N-methyl/N-ethyl adjacent to an activating group) is 1. The maximum absolute atomic E-state index is 12.7. The predicted molar refractivity (Wildman–Crippen MR) is 99.5 cm³/mol. The van der Waals surface area contributed by atoms with Gasteiger partial charge >= 0.3 is 0 Å². The highest BCUT2D eigenvalue weighted by molar-refractivity contribution is 5.78. The molecule has 2 aliphatic rings. The Bertz CT molecular complexity index is 644. The number of carbonyl (C=O) groups excluding carboxylic acids is 2. The van der Waals surface area contributed by atoms with Crippen molar-refractivity contribution in [3.63, 3.8) is 0 Å². The van der Waals surface area contributed by atoms with Crippen LogP contribution in [0.5, 0.6) is 0 Å². The molecule has 1 aromatic rings. The summed E-state index contributed by atoms with van der Waals surface area (Å²) in [5, 5.41) is 6.72. The van der Waals surface area contributed by atoms with Gasteiger partial charge in [0.2, 0.25) is 11.8 Å². The van der Waals surface area contributed by atoms with Crippen LogP contribution in [0.2, 0.25) is 0 Å². The maximum atomic E-state index is 12.7. The average Bonchev–Trinajstić information content (AvgIpc) is 3.11. The summed E-state index contributed by atoms with van der Waals surface area (Å²) in [5.41, 5.74) is 0.956. The van der Waals surface area contributed by atoms with Crippen molar-refractivity contribution in [3.05, 3.63) is 30.6 Å². The van der Waals surface area contributed by atoms with E-state index >= 15 is 0 Å². The van der Waals surface area contributed by atoms with Crippen LogP contribution in [0.4, 0.5) is 0 Å². The molecule has 0 aliphatic carbocycles. The van der Waals surface area contributed by atoms with E-state index in [9.17, 15) is 9.59 Å². The molecule has 7 heteroatoms. The smallest absolute Gasteiger partial charge is 0.223 e. The fourth-order valence-electron chi connectivity index (χ4n) is 4.08. The second-order valence-corrected chi connectivity index (χ2v) is 7.45. The molecule has 0 bridgehead atoms. The molecule has 142 valence electrons. The summed E-state index contributed by atoms with van der Waals surface area (Å²) < 4.78 is 0. The lowest BCUT2D eigenvalue weighted by Crippen LogP contribution is -2.62. The first kappa shape index (κ1) is 18.6. The van der Waals surface area contributed by atoms with Gasteiger partial charge in [0, 0.05) is 57.3 Å². The molecule has 3 rings (SSSR count). The van der Waals surface area contributed by atoms with Crippen LogP contribution in [0.25, 0.3) is 0 Å². The van der Waals surface area contributed by atoms with Crippen LogP contribution >= 0.6 is 0 Å². The van der Waals surface area contributed by atoms with Crippen molar-refractivity contribution in [2.75, 3.05) is 39.8 Å². The van der Waals surface area contributed by atoms with Crippen molar-refractivity contribution >= 4 is 11.8 Å². The number of carbonyl (C=O) groups is 2. The Labute approximate surface area is 155 Å². The number of amides is 2. The van der Waals surface area contributed by atoms with E-state index in [0.717, 1.165) is 38.0 Å². The number of hydrogen-bond donors (Lipinski definition) is 1. The standard InChI is InChI=1S/C19H29N5O2/c1-3-9-23-10-8-19(7-6-18(23)26)15-24(12-11-22(19)2)17(25)5-4-16-13-20-21-14-16/h3,13-14H,1,4-12,15H2,2H3,(H,20,21)/t19-/m1/s1. The third kappa shape index (κ3) is 3.98. The van der Waals surface area contributed by atoms with Gasteiger partial charge in [0.1, 0.15) is 0 Å². The quantitative estimate of drug-likeness (QED) is 0.798. The predicted octanol–water partition coefficient (Wildman–Crippen LogP) is 1.05. The third-order valence-electron chi connectivity index (χ3n) is 5.89. The summed E-state index contributed by atoms with van der Waals surface area (Å²) in [6.45, 7) is 7.41. The number of nitrogens with one attached hydrogen (secondary N) is 1. The van der Waals surface area contributed by atoms with Gasteiger partial charge in [0.25, 0.3) is 0 Å². The largest absolute Gasteiger partial charge is 0.340 e. The van der Waals surface area contributed by atoms with Gasteiger partial charge in [0.15, 0.2) is 0 Å². The first-order valence-electron chi connectivity index (χ1n) is 9.39. The molecule has 0 unspecified atom stereocenters. The molecule has 2 fully saturated rings. The number of aromatic amines is 1. The van der Waals surface area contributed by atoms with E-state index in [-0.39, 0.29) is 17.4 Å². The first-order chi connectivity index (χ1) is 12.5. The number of aryl methyl sites for hydroxylation is 1. The van der Waals surface area contributed by atoms with E-state index in [1.54, 1.807) is 12.3 Å². The molecule has 26 heavy (non-hydrogen) atoms. The molecule has 1 aromatic heterocycles. The molecular weight excluding hydrogens is 330 g/mol. The number of nitrogens with zero attached hydrogens (tertiary/aromatic N) is 4. The molecule has 2 saturated heterocycles. The first-order valence-corrected chi connectivity index (χ1v) is 9.39. The average molecular weight is 359 g/mol. The van der Waals surface area contributed by atoms with Crippen LogP contribution in [-0.2, 0) is 16.0 Å². The van der Waals surface area contributed by atoms with Gasteiger partial charge in [-0.1, -0.05) is 6.08 Å². The molecule has 2 aliphatic heterocycles. The Hall–Kier alpha value is -2.15. The summed E-state index contributed by atoms with van der Waals surface area (Å²) in [5.74, 6) is 0.385. The zero-order valence-corrected chi connectivity index (χ0v) is 15.6. The van der Waals surface area contributed by atoms with Crippen molar-refractivity contribution in [1.29, 1.82) is 0 Å². The molecule has 3 heterocycles. The minimum Gasteiger partial charge on any atom is -0.340 e. The Kier molecular flexibility index (Phi) is 5.76. The topological polar surface area (TPSA) is 72.5 Å². The van der Waals surface area contributed by atoms with Crippen LogP contribution in [0.1, 0.15) is 31.2 Å². The monoisotopic (exact) mass is 359 g/mol. The van der Waals surface area contributed by atoms with E-state index in [1.807, 2.05) is 16.0 Å². The van der Waals surface area contributed by atoms with Gasteiger partial charge in [0.05, 0.1) is 6.20 Å².